The van der Waals surface area contributed by atoms with Crippen LogP contribution in [0.5, 0.6) is 0 Å². The van der Waals surface area contributed by atoms with Crippen LogP contribution in [-0.4, -0.2) is 17.7 Å². The molecule has 3 N–H and O–H groups in total. The van der Waals surface area contributed by atoms with Crippen molar-refractivity contribution in [2.75, 3.05) is 11.9 Å². The van der Waals surface area contributed by atoms with Crippen LogP contribution in [0.15, 0.2) is 35.7 Å². The third-order valence-corrected chi connectivity index (χ3v) is 4.79. The van der Waals surface area contributed by atoms with E-state index in [2.05, 4.69) is 10.6 Å². The predicted molar refractivity (Wildman–Crippen MR) is 87.4 cm³/mol. The molecule has 1 aromatic carbocycles. The average molecular weight is 345 g/mol. The smallest absolute Gasteiger partial charge is 0.319 e. The van der Waals surface area contributed by atoms with Gasteiger partial charge < -0.3 is 15.7 Å². The van der Waals surface area contributed by atoms with Crippen LogP contribution in [0.1, 0.15) is 11.8 Å². The summed E-state index contributed by atoms with van der Waals surface area (Å²) in [5.41, 5.74) is -0.707. The standard InChI is InChI=1S/C14H14Cl2N2O2S/c1-14(20,11-6-3-7-21-11)8-17-13(19)18-10-5-2-4-9(15)12(10)16/h2-7,20H,8H2,1H3,(H2,17,18,19). The van der Waals surface area contributed by atoms with Crippen molar-refractivity contribution < 1.29 is 9.90 Å². The number of carbonyl (C=O) groups excluding carboxylic acids is 1. The number of rotatable bonds is 4. The van der Waals surface area contributed by atoms with Gasteiger partial charge in [0.1, 0.15) is 5.60 Å². The summed E-state index contributed by atoms with van der Waals surface area (Å²) in [6, 6.07) is 8.17. The van der Waals surface area contributed by atoms with E-state index >= 15 is 0 Å². The maximum absolute atomic E-state index is 11.9. The van der Waals surface area contributed by atoms with Gasteiger partial charge in [0.25, 0.3) is 0 Å². The van der Waals surface area contributed by atoms with Crippen LogP contribution in [0, 0.1) is 0 Å². The number of nitrogens with one attached hydrogen (secondary N) is 2. The molecule has 1 atom stereocenters. The number of anilines is 1. The minimum Gasteiger partial charge on any atom is -0.383 e. The van der Waals surface area contributed by atoms with Crippen molar-refractivity contribution in [3.05, 3.63) is 50.6 Å². The number of thiophene rings is 1. The van der Waals surface area contributed by atoms with Gasteiger partial charge in [0.05, 0.1) is 22.3 Å². The minimum atomic E-state index is -1.12. The molecule has 2 aromatic rings. The fourth-order valence-electron chi connectivity index (χ4n) is 1.69. The molecule has 1 unspecified atom stereocenters. The Hall–Kier alpha value is -1.27. The lowest BCUT2D eigenvalue weighted by molar-refractivity contribution is 0.0637. The molecule has 112 valence electrons. The van der Waals surface area contributed by atoms with Gasteiger partial charge in [-0.3, -0.25) is 0 Å². The predicted octanol–water partition coefficient (Wildman–Crippen LogP) is 4.08. The van der Waals surface area contributed by atoms with E-state index in [-0.39, 0.29) is 11.6 Å². The molecule has 2 amide bonds. The van der Waals surface area contributed by atoms with E-state index in [1.165, 1.54) is 11.3 Å². The van der Waals surface area contributed by atoms with E-state index in [1.807, 2.05) is 17.5 Å². The van der Waals surface area contributed by atoms with Crippen LogP contribution < -0.4 is 10.6 Å². The molecule has 0 fully saturated rings. The third kappa shape index (κ3) is 4.11. The van der Waals surface area contributed by atoms with Crippen molar-refractivity contribution in [3.8, 4) is 0 Å². The molecule has 0 aliphatic heterocycles. The van der Waals surface area contributed by atoms with E-state index in [1.54, 1.807) is 25.1 Å². The van der Waals surface area contributed by atoms with Crippen LogP contribution in [0.2, 0.25) is 10.0 Å². The first-order chi connectivity index (χ1) is 9.90. The Morgan fingerprint density at radius 1 is 1.33 bits per heavy atom. The maximum Gasteiger partial charge on any atom is 0.319 e. The molecule has 0 spiro atoms. The van der Waals surface area contributed by atoms with Crippen LogP contribution in [-0.2, 0) is 5.60 Å². The van der Waals surface area contributed by atoms with Crippen LogP contribution >= 0.6 is 34.5 Å². The first kappa shape index (κ1) is 16.1. The molecule has 0 aliphatic carbocycles. The zero-order chi connectivity index (χ0) is 15.5. The summed E-state index contributed by atoms with van der Waals surface area (Å²) < 4.78 is 0. The highest BCUT2D eigenvalue weighted by atomic mass is 35.5. The fraction of sp³-hybridized carbons (Fsp3) is 0.214. The number of amides is 2. The molecule has 2 rings (SSSR count). The fourth-order valence-corrected chi connectivity index (χ4v) is 2.83. The highest BCUT2D eigenvalue weighted by Crippen LogP contribution is 2.29. The zero-order valence-corrected chi connectivity index (χ0v) is 13.5. The second-order valence-electron chi connectivity index (χ2n) is 4.66. The van der Waals surface area contributed by atoms with Gasteiger partial charge in [-0.25, -0.2) is 4.79 Å². The molecule has 1 heterocycles. The van der Waals surface area contributed by atoms with Crippen molar-refractivity contribution >= 4 is 46.3 Å². The average Bonchev–Trinajstić information content (AvgIpc) is 2.97. The molecule has 0 saturated heterocycles. The number of aliphatic hydroxyl groups is 1. The maximum atomic E-state index is 11.9. The van der Waals surface area contributed by atoms with Crippen molar-refractivity contribution in [1.29, 1.82) is 0 Å². The van der Waals surface area contributed by atoms with Crippen LogP contribution in [0.4, 0.5) is 10.5 Å². The first-order valence-corrected chi connectivity index (χ1v) is 7.79. The number of urea groups is 1. The Balaban J connectivity index is 1.95. The number of halogens is 2. The SMILES string of the molecule is CC(O)(CNC(=O)Nc1cccc(Cl)c1Cl)c1cccs1. The lowest BCUT2D eigenvalue weighted by Crippen LogP contribution is -2.40. The third-order valence-electron chi connectivity index (χ3n) is 2.84. The monoisotopic (exact) mass is 344 g/mol. The minimum absolute atomic E-state index is 0.0809. The Morgan fingerprint density at radius 2 is 2.10 bits per heavy atom. The molecule has 0 aliphatic rings. The van der Waals surface area contributed by atoms with Gasteiger partial charge >= 0.3 is 6.03 Å². The summed E-state index contributed by atoms with van der Waals surface area (Å²) in [4.78, 5) is 12.6. The van der Waals surface area contributed by atoms with Gasteiger partial charge in [-0.05, 0) is 30.5 Å². The first-order valence-electron chi connectivity index (χ1n) is 6.15. The summed E-state index contributed by atoms with van der Waals surface area (Å²) in [5.74, 6) is 0. The van der Waals surface area contributed by atoms with Gasteiger partial charge in [0.15, 0.2) is 0 Å². The summed E-state index contributed by atoms with van der Waals surface area (Å²) in [6.45, 7) is 1.73. The number of carbonyl (C=O) groups is 1. The zero-order valence-electron chi connectivity index (χ0n) is 11.2. The summed E-state index contributed by atoms with van der Waals surface area (Å²) in [7, 11) is 0. The quantitative estimate of drug-likeness (QED) is 0.782. The lowest BCUT2D eigenvalue weighted by Gasteiger charge is -2.22. The van der Waals surface area contributed by atoms with Gasteiger partial charge in [-0.1, -0.05) is 35.3 Å². The van der Waals surface area contributed by atoms with E-state index in [0.29, 0.717) is 10.7 Å². The van der Waals surface area contributed by atoms with Crippen LogP contribution in [0.25, 0.3) is 0 Å². The summed E-state index contributed by atoms with van der Waals surface area (Å²) in [5, 5.41) is 18.0. The van der Waals surface area contributed by atoms with E-state index in [0.717, 1.165) is 4.88 Å². The van der Waals surface area contributed by atoms with E-state index in [9.17, 15) is 9.90 Å². The molecular formula is C14H14Cl2N2O2S. The largest absolute Gasteiger partial charge is 0.383 e. The van der Waals surface area contributed by atoms with Gasteiger partial charge in [-0.15, -0.1) is 11.3 Å². The lowest BCUT2D eigenvalue weighted by atomic mass is 10.1. The molecular weight excluding hydrogens is 331 g/mol. The summed E-state index contributed by atoms with van der Waals surface area (Å²) in [6.07, 6.45) is 0. The molecule has 7 heteroatoms. The van der Waals surface area contributed by atoms with E-state index in [4.69, 9.17) is 23.2 Å². The summed E-state index contributed by atoms with van der Waals surface area (Å²) >= 11 is 13.3. The second kappa shape index (κ2) is 6.66. The van der Waals surface area contributed by atoms with Gasteiger partial charge in [0, 0.05) is 4.88 Å². The Morgan fingerprint density at radius 3 is 2.76 bits per heavy atom. The van der Waals surface area contributed by atoms with Crippen LogP contribution in [0.3, 0.4) is 0 Å². The molecule has 0 radical (unpaired) electrons. The number of hydrogen-bond donors (Lipinski definition) is 3. The van der Waals surface area contributed by atoms with Crippen molar-refractivity contribution in [1.82, 2.24) is 5.32 Å². The van der Waals surface area contributed by atoms with Gasteiger partial charge in [-0.2, -0.15) is 0 Å². The van der Waals surface area contributed by atoms with Crippen molar-refractivity contribution in [2.24, 2.45) is 0 Å². The Labute approximate surface area is 136 Å². The molecule has 1 aromatic heterocycles. The van der Waals surface area contributed by atoms with Gasteiger partial charge in [0.2, 0.25) is 0 Å². The Bertz CT molecular complexity index is 630. The normalized spacial score (nSPS) is 13.5. The van der Waals surface area contributed by atoms with Crippen molar-refractivity contribution in [2.45, 2.75) is 12.5 Å². The second-order valence-corrected chi connectivity index (χ2v) is 6.39. The highest BCUT2D eigenvalue weighted by molar-refractivity contribution is 7.10. The molecule has 4 nitrogen and oxygen atoms in total. The Kier molecular flexibility index (Phi) is 5.11. The number of hydrogen-bond acceptors (Lipinski definition) is 3. The number of benzene rings is 1. The highest BCUT2D eigenvalue weighted by Gasteiger charge is 2.24. The molecule has 0 saturated carbocycles. The van der Waals surface area contributed by atoms with E-state index < -0.39 is 11.6 Å². The topological polar surface area (TPSA) is 61.4 Å². The molecule has 0 bridgehead atoms. The molecule has 21 heavy (non-hydrogen) atoms. The van der Waals surface area contributed by atoms with Crippen molar-refractivity contribution in [3.63, 3.8) is 0 Å².